The Morgan fingerprint density at radius 3 is 3.00 bits per heavy atom. The number of fused-ring (bicyclic) bond motifs is 1. The highest BCUT2D eigenvalue weighted by molar-refractivity contribution is 7.91. The summed E-state index contributed by atoms with van der Waals surface area (Å²) in [5, 5.41) is 0. The molecule has 0 spiro atoms. The smallest absolute Gasteiger partial charge is 0.160 e. The molecule has 16 heavy (non-hydrogen) atoms. The quantitative estimate of drug-likeness (QED) is 0.735. The van der Waals surface area contributed by atoms with Crippen LogP contribution >= 0.6 is 0 Å². The number of rotatable bonds is 1. The standard InChI is InChI=1S/C10H11N3O2S/c14-16(15)5-3-8(6-16)13-7-12-9-2-1-4-11-10(9)13/h1-2,4,7-8H,3,5-6H2. The van der Waals surface area contributed by atoms with E-state index in [1.807, 2.05) is 16.7 Å². The first-order chi connectivity index (χ1) is 7.66. The molecule has 6 heteroatoms. The molecule has 1 unspecified atom stereocenters. The van der Waals surface area contributed by atoms with E-state index in [2.05, 4.69) is 9.97 Å². The van der Waals surface area contributed by atoms with Gasteiger partial charge in [0.15, 0.2) is 15.5 Å². The first-order valence-electron chi connectivity index (χ1n) is 5.14. The summed E-state index contributed by atoms with van der Waals surface area (Å²) >= 11 is 0. The minimum absolute atomic E-state index is 0.00935. The third kappa shape index (κ3) is 1.49. The van der Waals surface area contributed by atoms with E-state index in [4.69, 9.17) is 0 Å². The summed E-state index contributed by atoms with van der Waals surface area (Å²) in [5.74, 6) is 0.471. The molecule has 1 atom stereocenters. The van der Waals surface area contributed by atoms with Gasteiger partial charge in [-0.2, -0.15) is 0 Å². The Hall–Kier alpha value is -1.43. The molecule has 2 aromatic heterocycles. The molecule has 0 aromatic carbocycles. The number of aromatic nitrogens is 3. The maximum absolute atomic E-state index is 11.4. The number of pyridine rings is 1. The van der Waals surface area contributed by atoms with Gasteiger partial charge in [0.25, 0.3) is 0 Å². The molecule has 1 aliphatic rings. The molecule has 0 aliphatic carbocycles. The fourth-order valence-electron chi connectivity index (χ4n) is 2.13. The Bertz CT molecular complexity index is 632. The molecule has 0 saturated carbocycles. The summed E-state index contributed by atoms with van der Waals surface area (Å²) < 4.78 is 24.7. The van der Waals surface area contributed by atoms with E-state index in [0.717, 1.165) is 11.2 Å². The van der Waals surface area contributed by atoms with Crippen molar-refractivity contribution >= 4 is 21.0 Å². The molecule has 0 N–H and O–H groups in total. The zero-order chi connectivity index (χ0) is 11.2. The van der Waals surface area contributed by atoms with Crippen LogP contribution in [-0.4, -0.2) is 34.5 Å². The molecule has 0 bridgehead atoms. The van der Waals surface area contributed by atoms with Crippen LogP contribution in [-0.2, 0) is 9.84 Å². The number of hydrogen-bond donors (Lipinski definition) is 0. The molecule has 2 aromatic rings. The molecule has 1 aliphatic heterocycles. The van der Waals surface area contributed by atoms with Crippen molar-refractivity contribution in [3.05, 3.63) is 24.7 Å². The van der Waals surface area contributed by atoms with Gasteiger partial charge < -0.3 is 4.57 Å². The summed E-state index contributed by atoms with van der Waals surface area (Å²) in [4.78, 5) is 8.46. The third-order valence-electron chi connectivity index (χ3n) is 2.93. The predicted octanol–water partition coefficient (Wildman–Crippen LogP) is 0.791. The van der Waals surface area contributed by atoms with Crippen LogP contribution in [0.25, 0.3) is 11.2 Å². The van der Waals surface area contributed by atoms with E-state index < -0.39 is 9.84 Å². The summed E-state index contributed by atoms with van der Waals surface area (Å²) in [6, 6.07) is 3.69. The highest BCUT2D eigenvalue weighted by atomic mass is 32.2. The first kappa shape index (κ1) is 9.77. The number of hydrogen-bond acceptors (Lipinski definition) is 4. The van der Waals surface area contributed by atoms with E-state index >= 15 is 0 Å². The van der Waals surface area contributed by atoms with E-state index in [-0.39, 0.29) is 17.5 Å². The zero-order valence-electron chi connectivity index (χ0n) is 8.57. The lowest BCUT2D eigenvalue weighted by Crippen LogP contribution is -2.10. The Kier molecular flexibility index (Phi) is 2.00. The van der Waals surface area contributed by atoms with Crippen LogP contribution in [0.5, 0.6) is 0 Å². The van der Waals surface area contributed by atoms with Crippen molar-refractivity contribution in [1.82, 2.24) is 14.5 Å². The molecule has 3 heterocycles. The van der Waals surface area contributed by atoms with Crippen LogP contribution in [0.2, 0.25) is 0 Å². The average molecular weight is 237 g/mol. The highest BCUT2D eigenvalue weighted by Gasteiger charge is 2.30. The number of nitrogens with zero attached hydrogens (tertiary/aromatic N) is 3. The Balaban J connectivity index is 2.07. The molecule has 5 nitrogen and oxygen atoms in total. The van der Waals surface area contributed by atoms with Gasteiger partial charge in [0, 0.05) is 6.20 Å². The van der Waals surface area contributed by atoms with Gasteiger partial charge in [-0.05, 0) is 18.6 Å². The Labute approximate surface area is 93.1 Å². The first-order valence-corrected chi connectivity index (χ1v) is 6.96. The zero-order valence-corrected chi connectivity index (χ0v) is 9.39. The summed E-state index contributed by atoms with van der Waals surface area (Å²) in [5.41, 5.74) is 1.58. The van der Waals surface area contributed by atoms with E-state index in [0.29, 0.717) is 6.42 Å². The van der Waals surface area contributed by atoms with Crippen LogP contribution in [0, 0.1) is 0 Å². The van der Waals surface area contributed by atoms with Crippen molar-refractivity contribution in [2.24, 2.45) is 0 Å². The van der Waals surface area contributed by atoms with Gasteiger partial charge in [-0.25, -0.2) is 18.4 Å². The lowest BCUT2D eigenvalue weighted by Gasteiger charge is -2.09. The van der Waals surface area contributed by atoms with E-state index in [1.165, 1.54) is 0 Å². The minimum Gasteiger partial charge on any atom is -0.311 e. The van der Waals surface area contributed by atoms with Crippen LogP contribution in [0.4, 0.5) is 0 Å². The largest absolute Gasteiger partial charge is 0.311 e. The predicted molar refractivity (Wildman–Crippen MR) is 59.8 cm³/mol. The van der Waals surface area contributed by atoms with E-state index in [1.54, 1.807) is 12.5 Å². The molecule has 0 radical (unpaired) electrons. The van der Waals surface area contributed by atoms with Crippen LogP contribution in [0.3, 0.4) is 0 Å². The summed E-state index contributed by atoms with van der Waals surface area (Å²) in [6.07, 6.45) is 4.04. The van der Waals surface area contributed by atoms with Gasteiger partial charge >= 0.3 is 0 Å². The number of sulfone groups is 1. The Morgan fingerprint density at radius 2 is 2.25 bits per heavy atom. The lowest BCUT2D eigenvalue weighted by atomic mass is 10.2. The van der Waals surface area contributed by atoms with Gasteiger partial charge in [0.1, 0.15) is 5.52 Å². The molecular formula is C10H11N3O2S. The third-order valence-corrected chi connectivity index (χ3v) is 4.68. The van der Waals surface area contributed by atoms with Crippen LogP contribution in [0.1, 0.15) is 12.5 Å². The van der Waals surface area contributed by atoms with Gasteiger partial charge in [-0.15, -0.1) is 0 Å². The second-order valence-corrected chi connectivity index (χ2v) is 6.28. The van der Waals surface area contributed by atoms with Crippen LogP contribution < -0.4 is 0 Å². The van der Waals surface area contributed by atoms with Gasteiger partial charge in [0.2, 0.25) is 0 Å². The Morgan fingerprint density at radius 1 is 1.38 bits per heavy atom. The minimum atomic E-state index is -2.87. The van der Waals surface area contributed by atoms with Crippen molar-refractivity contribution in [2.75, 3.05) is 11.5 Å². The molecule has 1 fully saturated rings. The van der Waals surface area contributed by atoms with E-state index in [9.17, 15) is 8.42 Å². The summed E-state index contributed by atoms with van der Waals surface area (Å²) in [7, 11) is -2.87. The van der Waals surface area contributed by atoms with Crippen molar-refractivity contribution in [3.8, 4) is 0 Å². The topological polar surface area (TPSA) is 64.8 Å². The lowest BCUT2D eigenvalue weighted by molar-refractivity contribution is 0.565. The second-order valence-electron chi connectivity index (χ2n) is 4.05. The maximum Gasteiger partial charge on any atom is 0.160 e. The monoisotopic (exact) mass is 237 g/mol. The van der Waals surface area contributed by atoms with Gasteiger partial charge in [-0.3, -0.25) is 0 Å². The van der Waals surface area contributed by atoms with Crippen LogP contribution in [0.15, 0.2) is 24.7 Å². The molecule has 84 valence electrons. The second kappa shape index (κ2) is 3.28. The molecule has 0 amide bonds. The van der Waals surface area contributed by atoms with Crippen molar-refractivity contribution < 1.29 is 8.42 Å². The maximum atomic E-state index is 11.4. The average Bonchev–Trinajstić information content (AvgIpc) is 2.81. The normalized spacial score (nSPS) is 23.9. The van der Waals surface area contributed by atoms with Gasteiger partial charge in [-0.1, -0.05) is 0 Å². The molecular weight excluding hydrogens is 226 g/mol. The van der Waals surface area contributed by atoms with Crippen molar-refractivity contribution in [1.29, 1.82) is 0 Å². The SMILES string of the molecule is O=S1(=O)CCC(n2cnc3cccnc32)C1. The van der Waals surface area contributed by atoms with Gasteiger partial charge in [0.05, 0.1) is 23.9 Å². The fourth-order valence-corrected chi connectivity index (χ4v) is 3.84. The molecule has 3 rings (SSSR count). The highest BCUT2D eigenvalue weighted by Crippen LogP contribution is 2.26. The van der Waals surface area contributed by atoms with Crippen molar-refractivity contribution in [3.63, 3.8) is 0 Å². The van der Waals surface area contributed by atoms with Crippen molar-refractivity contribution in [2.45, 2.75) is 12.5 Å². The number of imidazole rings is 1. The summed E-state index contributed by atoms with van der Waals surface area (Å²) in [6.45, 7) is 0. The molecule has 1 saturated heterocycles. The fraction of sp³-hybridized carbons (Fsp3) is 0.400.